The van der Waals surface area contributed by atoms with E-state index in [0.29, 0.717) is 29.1 Å². The van der Waals surface area contributed by atoms with Gasteiger partial charge in [0.25, 0.3) is 0 Å². The third-order valence-electron chi connectivity index (χ3n) is 5.48. The van der Waals surface area contributed by atoms with Crippen molar-refractivity contribution in [1.82, 2.24) is 5.32 Å². The second-order valence-corrected chi connectivity index (χ2v) is 8.22. The molecule has 4 rings (SSSR count). The molecule has 7 heteroatoms. The molecule has 1 aliphatic heterocycles. The highest BCUT2D eigenvalue weighted by Crippen LogP contribution is 2.30. The number of carbonyl (C=O) groups excluding carboxylic acids is 2. The van der Waals surface area contributed by atoms with Crippen LogP contribution in [0.4, 0.5) is 9.18 Å². The van der Waals surface area contributed by atoms with Crippen molar-refractivity contribution in [2.75, 3.05) is 0 Å². The fraction of sp³-hybridized carbons (Fsp3) is 0.192. The van der Waals surface area contributed by atoms with Crippen molar-refractivity contribution in [3.63, 3.8) is 0 Å². The Bertz CT molecular complexity index is 1170. The summed E-state index contributed by atoms with van der Waals surface area (Å²) in [7, 11) is 0. The fourth-order valence-electron chi connectivity index (χ4n) is 3.85. The lowest BCUT2D eigenvalue weighted by atomic mass is 9.85. The molecule has 5 nitrogen and oxygen atoms in total. The molecule has 1 aliphatic rings. The zero-order valence-electron chi connectivity index (χ0n) is 17.7. The number of hydrogen-bond acceptors (Lipinski definition) is 3. The molecule has 0 radical (unpaired) electrons. The van der Waals surface area contributed by atoms with Crippen LogP contribution in [0.25, 0.3) is 0 Å². The maximum absolute atomic E-state index is 13.3. The van der Waals surface area contributed by atoms with Crippen LogP contribution >= 0.6 is 11.6 Å². The summed E-state index contributed by atoms with van der Waals surface area (Å²) in [5.41, 5.74) is 2.88. The normalized spacial score (nSPS) is 17.8. The molecule has 0 aromatic heterocycles. The first kappa shape index (κ1) is 22.7. The maximum Gasteiger partial charge on any atom is 0.341 e. The lowest BCUT2D eigenvalue weighted by molar-refractivity contribution is -0.148. The van der Waals surface area contributed by atoms with E-state index in [0.717, 1.165) is 11.1 Å². The van der Waals surface area contributed by atoms with Crippen molar-refractivity contribution in [3.05, 3.63) is 106 Å². The van der Waals surface area contributed by atoms with Gasteiger partial charge >= 0.3 is 12.0 Å². The molecule has 0 saturated carbocycles. The average Bonchev–Trinajstić information content (AvgIpc) is 2.82. The van der Waals surface area contributed by atoms with Gasteiger partial charge in [0.1, 0.15) is 18.3 Å². The van der Waals surface area contributed by atoms with Gasteiger partial charge in [-0.2, -0.15) is 0 Å². The number of benzene rings is 3. The molecule has 1 N–H and O–H groups in total. The summed E-state index contributed by atoms with van der Waals surface area (Å²) in [5.74, 6) is -1.65. The standard InChI is InChI=1S/C26H22ClFN2O3/c27-20-8-4-5-17(15-20)11-14-22-23(25(31)33-16-18-9-12-21(28)13-10-18)24(30-26(32)29-22)19-6-2-1-3-7-19/h1-10,12-13,15,23-24H,11,14,16H2,(H,30,32). The lowest BCUT2D eigenvalue weighted by Gasteiger charge is -2.31. The SMILES string of the molecule is O=C1N=C(CCc2cccc(Cl)c2)C(C(=O)OCc2ccc(F)cc2)C(c2ccccc2)N1. The van der Waals surface area contributed by atoms with E-state index in [1.54, 1.807) is 18.2 Å². The monoisotopic (exact) mass is 464 g/mol. The minimum absolute atomic E-state index is 0.00730. The number of urea groups is 1. The smallest absolute Gasteiger partial charge is 0.341 e. The first-order valence-electron chi connectivity index (χ1n) is 10.6. The Morgan fingerprint density at radius 2 is 1.73 bits per heavy atom. The molecule has 2 amide bonds. The largest absolute Gasteiger partial charge is 0.460 e. The van der Waals surface area contributed by atoms with E-state index in [2.05, 4.69) is 10.3 Å². The van der Waals surface area contributed by atoms with E-state index in [1.807, 2.05) is 48.5 Å². The summed E-state index contributed by atoms with van der Waals surface area (Å²) >= 11 is 6.09. The van der Waals surface area contributed by atoms with Crippen LogP contribution in [0.2, 0.25) is 5.02 Å². The summed E-state index contributed by atoms with van der Waals surface area (Å²) < 4.78 is 18.8. The number of aliphatic imine (C=N–C) groups is 1. The van der Waals surface area contributed by atoms with Crippen molar-refractivity contribution in [1.29, 1.82) is 0 Å². The van der Waals surface area contributed by atoms with Crippen LogP contribution in [0.15, 0.2) is 83.9 Å². The van der Waals surface area contributed by atoms with E-state index in [-0.39, 0.29) is 12.4 Å². The Balaban J connectivity index is 1.58. The molecule has 1 heterocycles. The number of esters is 1. The number of aryl methyl sites for hydroxylation is 1. The second-order valence-electron chi connectivity index (χ2n) is 7.78. The maximum atomic E-state index is 13.3. The third-order valence-corrected chi connectivity index (χ3v) is 5.72. The first-order valence-corrected chi connectivity index (χ1v) is 11.0. The molecule has 0 bridgehead atoms. The minimum Gasteiger partial charge on any atom is -0.460 e. The Hall–Kier alpha value is -3.51. The number of amides is 2. The Labute approximate surface area is 196 Å². The van der Waals surface area contributed by atoms with Crippen molar-refractivity contribution < 1.29 is 18.7 Å². The molecule has 0 spiro atoms. The summed E-state index contributed by atoms with van der Waals surface area (Å²) in [6.07, 6.45) is 0.962. The van der Waals surface area contributed by atoms with Crippen LogP contribution in [0.3, 0.4) is 0 Å². The van der Waals surface area contributed by atoms with Gasteiger partial charge in [0.2, 0.25) is 0 Å². The van der Waals surface area contributed by atoms with Crippen LogP contribution in [0.1, 0.15) is 29.2 Å². The van der Waals surface area contributed by atoms with Crippen LogP contribution in [-0.4, -0.2) is 17.7 Å². The first-order chi connectivity index (χ1) is 16.0. The molecule has 3 aromatic rings. The zero-order chi connectivity index (χ0) is 23.2. The molecule has 168 valence electrons. The van der Waals surface area contributed by atoms with Crippen LogP contribution in [-0.2, 0) is 22.6 Å². The van der Waals surface area contributed by atoms with Crippen molar-refractivity contribution in [3.8, 4) is 0 Å². The molecule has 0 fully saturated rings. The average molecular weight is 465 g/mol. The van der Waals surface area contributed by atoms with E-state index in [1.165, 1.54) is 12.1 Å². The molecule has 0 aliphatic carbocycles. The number of ether oxygens (including phenoxy) is 1. The molecule has 0 saturated heterocycles. The van der Waals surface area contributed by atoms with Crippen LogP contribution in [0.5, 0.6) is 0 Å². The number of hydrogen-bond donors (Lipinski definition) is 1. The molecule has 33 heavy (non-hydrogen) atoms. The highest BCUT2D eigenvalue weighted by atomic mass is 35.5. The van der Waals surface area contributed by atoms with Crippen molar-refractivity contribution >= 4 is 29.3 Å². The predicted molar refractivity (Wildman–Crippen MR) is 125 cm³/mol. The van der Waals surface area contributed by atoms with Crippen LogP contribution < -0.4 is 5.32 Å². The number of carbonyl (C=O) groups is 2. The lowest BCUT2D eigenvalue weighted by Crippen LogP contribution is -2.45. The topological polar surface area (TPSA) is 67.8 Å². The highest BCUT2D eigenvalue weighted by Gasteiger charge is 2.39. The fourth-order valence-corrected chi connectivity index (χ4v) is 4.06. The minimum atomic E-state index is -0.787. The zero-order valence-corrected chi connectivity index (χ0v) is 18.5. The van der Waals surface area contributed by atoms with Gasteiger partial charge in [-0.25, -0.2) is 14.2 Å². The van der Waals surface area contributed by atoms with E-state index in [4.69, 9.17) is 16.3 Å². The van der Waals surface area contributed by atoms with Gasteiger partial charge in [0.15, 0.2) is 0 Å². The van der Waals surface area contributed by atoms with Gasteiger partial charge in [-0.15, -0.1) is 0 Å². The molecule has 2 atom stereocenters. The third kappa shape index (κ3) is 5.84. The Morgan fingerprint density at radius 1 is 0.970 bits per heavy atom. The quantitative estimate of drug-likeness (QED) is 0.457. The van der Waals surface area contributed by atoms with Crippen molar-refractivity contribution in [2.45, 2.75) is 25.5 Å². The molecule has 3 aromatic carbocycles. The summed E-state index contributed by atoms with van der Waals surface area (Å²) in [6.45, 7) is -0.00730. The summed E-state index contributed by atoms with van der Waals surface area (Å²) in [5, 5.41) is 3.43. The van der Waals surface area contributed by atoms with Gasteiger partial charge in [-0.1, -0.05) is 66.2 Å². The summed E-state index contributed by atoms with van der Waals surface area (Å²) in [4.78, 5) is 29.8. The van der Waals surface area contributed by atoms with E-state index in [9.17, 15) is 14.0 Å². The van der Waals surface area contributed by atoms with E-state index >= 15 is 0 Å². The van der Waals surface area contributed by atoms with Gasteiger partial charge in [0, 0.05) is 10.7 Å². The van der Waals surface area contributed by atoms with Crippen molar-refractivity contribution in [2.24, 2.45) is 10.9 Å². The van der Waals surface area contributed by atoms with Crippen LogP contribution in [0, 0.1) is 11.7 Å². The van der Waals surface area contributed by atoms with Gasteiger partial charge < -0.3 is 10.1 Å². The molecule has 2 unspecified atom stereocenters. The number of nitrogens with zero attached hydrogens (tertiary/aromatic N) is 1. The van der Waals surface area contributed by atoms with E-state index < -0.39 is 24.0 Å². The number of halogens is 2. The Kier molecular flexibility index (Phi) is 7.15. The predicted octanol–water partition coefficient (Wildman–Crippen LogP) is 5.68. The number of nitrogens with one attached hydrogen (secondary N) is 1. The second kappa shape index (κ2) is 10.4. The Morgan fingerprint density at radius 3 is 2.45 bits per heavy atom. The van der Waals surface area contributed by atoms with Gasteiger partial charge in [0.05, 0.1) is 6.04 Å². The summed E-state index contributed by atoms with van der Waals surface area (Å²) in [6, 6.07) is 21.4. The number of rotatable bonds is 7. The van der Waals surface area contributed by atoms with Gasteiger partial charge in [-0.05, 0) is 53.8 Å². The highest BCUT2D eigenvalue weighted by molar-refractivity contribution is 6.30. The molecular weight excluding hydrogens is 443 g/mol. The van der Waals surface area contributed by atoms with Gasteiger partial charge in [-0.3, -0.25) is 4.79 Å². The molecular formula is C26H22ClFN2O3.